The van der Waals surface area contributed by atoms with Gasteiger partial charge in [-0.1, -0.05) is 72.3 Å². The molecule has 2 heteroatoms. The van der Waals surface area contributed by atoms with Crippen molar-refractivity contribution in [1.29, 1.82) is 0 Å². The minimum atomic E-state index is 0.501. The van der Waals surface area contributed by atoms with Crippen molar-refractivity contribution in [3.8, 4) is 0 Å². The molecule has 6 rings (SSSR count). The van der Waals surface area contributed by atoms with E-state index in [1.807, 2.05) is 0 Å². The third-order valence-corrected chi connectivity index (χ3v) is 7.43. The van der Waals surface area contributed by atoms with Gasteiger partial charge in [-0.05, 0) is 101 Å². The van der Waals surface area contributed by atoms with Crippen LogP contribution in [0.2, 0.25) is 0 Å². The van der Waals surface area contributed by atoms with E-state index in [9.17, 15) is 0 Å². The van der Waals surface area contributed by atoms with Gasteiger partial charge in [0.15, 0.2) is 0 Å². The highest BCUT2D eigenvalue weighted by Gasteiger charge is 2.16. The lowest BCUT2D eigenvalue weighted by atomic mass is 9.96. The van der Waals surface area contributed by atoms with E-state index < -0.39 is 0 Å². The fraction of sp³-hybridized carbons (Fsp3) is 0.143. The third kappa shape index (κ3) is 4.88. The summed E-state index contributed by atoms with van der Waals surface area (Å²) in [4.78, 5) is 4.71. The van der Waals surface area contributed by atoms with Gasteiger partial charge >= 0.3 is 0 Å². The molecule has 0 spiro atoms. The van der Waals surface area contributed by atoms with Crippen LogP contribution >= 0.6 is 0 Å². The number of rotatable bonds is 6. The summed E-state index contributed by atoms with van der Waals surface area (Å²) >= 11 is 0. The molecule has 1 atom stereocenters. The van der Waals surface area contributed by atoms with Gasteiger partial charge in [-0.25, -0.2) is 0 Å². The maximum absolute atomic E-state index is 2.44. The van der Waals surface area contributed by atoms with Crippen LogP contribution in [0.5, 0.6) is 0 Å². The minimum Gasteiger partial charge on any atom is -0.345 e. The average Bonchev–Trinajstić information content (AvgIpc) is 2.95. The van der Waals surface area contributed by atoms with Gasteiger partial charge < -0.3 is 9.80 Å². The van der Waals surface area contributed by atoms with E-state index in [-0.39, 0.29) is 0 Å². The zero-order chi connectivity index (χ0) is 25.2. The molecule has 182 valence electrons. The van der Waals surface area contributed by atoms with Crippen molar-refractivity contribution in [1.82, 2.24) is 0 Å². The van der Waals surface area contributed by atoms with Gasteiger partial charge in [-0.15, -0.1) is 0 Å². The summed E-state index contributed by atoms with van der Waals surface area (Å²) in [5.41, 5.74) is 6.16. The number of nitrogens with zero attached hydrogens (tertiary/aromatic N) is 2. The highest BCUT2D eigenvalue weighted by Crippen LogP contribution is 2.33. The minimum absolute atomic E-state index is 0.501. The Hall–Kier alpha value is -4.30. The largest absolute Gasteiger partial charge is 0.345 e. The van der Waals surface area contributed by atoms with E-state index in [1.165, 1.54) is 49.9 Å². The highest BCUT2D eigenvalue weighted by atomic mass is 15.1. The Kier molecular flexibility index (Phi) is 6.24. The molecule has 0 N–H and O–H groups in total. The Balaban J connectivity index is 1.28. The molecule has 5 aromatic rings. The van der Waals surface area contributed by atoms with E-state index in [4.69, 9.17) is 0 Å². The standard InChI is InChI=1S/C35H32N2/c1-26-9-8-10-27(21-26)25-37(33-13-4-3-5-14-33)34-19-17-32(18-20-34)36(2)35-16-15-30-22-28-11-6-7-12-29(28)23-31(30)24-35/h3-9,11-24,27H,10,25H2,1-2H3. The topological polar surface area (TPSA) is 6.48 Å². The molecule has 0 heterocycles. The molecule has 5 aromatic carbocycles. The zero-order valence-corrected chi connectivity index (χ0v) is 21.5. The predicted molar refractivity (Wildman–Crippen MR) is 160 cm³/mol. The normalized spacial score (nSPS) is 15.1. The van der Waals surface area contributed by atoms with Gasteiger partial charge in [0.1, 0.15) is 0 Å². The van der Waals surface area contributed by atoms with Crippen LogP contribution in [-0.4, -0.2) is 13.6 Å². The summed E-state index contributed by atoms with van der Waals surface area (Å²) in [7, 11) is 2.15. The van der Waals surface area contributed by atoms with Crippen LogP contribution in [0.3, 0.4) is 0 Å². The maximum Gasteiger partial charge on any atom is 0.0414 e. The van der Waals surface area contributed by atoms with E-state index in [1.54, 1.807) is 0 Å². The number of fused-ring (bicyclic) bond motifs is 2. The second-order valence-corrected chi connectivity index (χ2v) is 10.1. The Bertz CT molecular complexity index is 1600. The van der Waals surface area contributed by atoms with Crippen molar-refractivity contribution in [3.63, 3.8) is 0 Å². The third-order valence-electron chi connectivity index (χ3n) is 7.43. The summed E-state index contributed by atoms with van der Waals surface area (Å²) in [6.07, 6.45) is 8.01. The van der Waals surface area contributed by atoms with Crippen LogP contribution in [0.15, 0.2) is 133 Å². The summed E-state index contributed by atoms with van der Waals surface area (Å²) in [5.74, 6) is 0.501. The smallest absolute Gasteiger partial charge is 0.0414 e. The van der Waals surface area contributed by atoms with Gasteiger partial charge in [0.2, 0.25) is 0 Å². The quantitative estimate of drug-likeness (QED) is 0.223. The molecule has 1 aliphatic rings. The molecule has 0 radical (unpaired) electrons. The van der Waals surface area contributed by atoms with Crippen molar-refractivity contribution in [2.24, 2.45) is 5.92 Å². The second-order valence-electron chi connectivity index (χ2n) is 10.1. The molecule has 0 saturated carbocycles. The van der Waals surface area contributed by atoms with Gasteiger partial charge in [-0.3, -0.25) is 0 Å². The van der Waals surface area contributed by atoms with Crippen LogP contribution in [0.25, 0.3) is 21.5 Å². The summed E-state index contributed by atoms with van der Waals surface area (Å²) < 4.78 is 0. The molecule has 0 aromatic heterocycles. The molecule has 0 bridgehead atoms. The molecule has 0 amide bonds. The SMILES string of the molecule is CC1=CC(CN(c2ccccc2)c2ccc(N(C)c3ccc4cc5ccccc5cc4c3)cc2)CC=C1. The lowest BCUT2D eigenvalue weighted by Gasteiger charge is -2.30. The van der Waals surface area contributed by atoms with Crippen LogP contribution < -0.4 is 9.80 Å². The number of hydrogen-bond acceptors (Lipinski definition) is 2. The number of hydrogen-bond donors (Lipinski definition) is 0. The summed E-state index contributed by atoms with van der Waals surface area (Å²) in [6.45, 7) is 3.15. The van der Waals surface area contributed by atoms with Gasteiger partial charge in [0, 0.05) is 36.3 Å². The molecular formula is C35H32N2. The van der Waals surface area contributed by atoms with Gasteiger partial charge in [0.25, 0.3) is 0 Å². The van der Waals surface area contributed by atoms with Crippen LogP contribution in [-0.2, 0) is 0 Å². The van der Waals surface area contributed by atoms with Crippen LogP contribution in [0.4, 0.5) is 22.7 Å². The first-order chi connectivity index (χ1) is 18.1. The van der Waals surface area contributed by atoms with Crippen molar-refractivity contribution in [3.05, 3.63) is 133 Å². The van der Waals surface area contributed by atoms with E-state index in [2.05, 4.69) is 151 Å². The molecule has 1 aliphatic carbocycles. The molecule has 0 fully saturated rings. The van der Waals surface area contributed by atoms with E-state index in [0.29, 0.717) is 5.92 Å². The van der Waals surface area contributed by atoms with Crippen molar-refractivity contribution in [2.45, 2.75) is 13.3 Å². The fourth-order valence-corrected chi connectivity index (χ4v) is 5.40. The number of para-hydroxylation sites is 1. The molecular weight excluding hydrogens is 448 g/mol. The van der Waals surface area contributed by atoms with Crippen LogP contribution in [0.1, 0.15) is 13.3 Å². The molecule has 2 nitrogen and oxygen atoms in total. The number of allylic oxidation sites excluding steroid dienone is 3. The number of benzene rings is 5. The number of anilines is 4. The van der Waals surface area contributed by atoms with Crippen molar-refractivity contribution < 1.29 is 0 Å². The molecule has 0 saturated heterocycles. The highest BCUT2D eigenvalue weighted by molar-refractivity contribution is 5.99. The second kappa shape index (κ2) is 9.99. The first-order valence-corrected chi connectivity index (χ1v) is 13.1. The lowest BCUT2D eigenvalue weighted by molar-refractivity contribution is 0.652. The van der Waals surface area contributed by atoms with Gasteiger partial charge in [-0.2, -0.15) is 0 Å². The van der Waals surface area contributed by atoms with Crippen molar-refractivity contribution in [2.75, 3.05) is 23.4 Å². The zero-order valence-electron chi connectivity index (χ0n) is 21.5. The Morgan fingerprint density at radius 3 is 1.95 bits per heavy atom. The van der Waals surface area contributed by atoms with Gasteiger partial charge in [0.05, 0.1) is 0 Å². The molecule has 0 aliphatic heterocycles. The maximum atomic E-state index is 2.44. The lowest BCUT2D eigenvalue weighted by Crippen LogP contribution is -2.25. The van der Waals surface area contributed by atoms with E-state index >= 15 is 0 Å². The van der Waals surface area contributed by atoms with E-state index in [0.717, 1.165) is 13.0 Å². The first kappa shape index (κ1) is 23.1. The predicted octanol–water partition coefficient (Wildman–Crippen LogP) is 9.42. The Morgan fingerprint density at radius 2 is 1.22 bits per heavy atom. The fourth-order valence-electron chi connectivity index (χ4n) is 5.40. The molecule has 37 heavy (non-hydrogen) atoms. The average molecular weight is 481 g/mol. The Labute approximate surface area is 219 Å². The van der Waals surface area contributed by atoms with Crippen molar-refractivity contribution >= 4 is 44.3 Å². The first-order valence-electron chi connectivity index (χ1n) is 13.1. The monoisotopic (exact) mass is 480 g/mol. The summed E-state index contributed by atoms with van der Waals surface area (Å²) in [5, 5.41) is 5.09. The summed E-state index contributed by atoms with van der Waals surface area (Å²) in [6, 6.07) is 39.6. The Morgan fingerprint density at radius 1 is 0.622 bits per heavy atom. The molecule has 1 unspecified atom stereocenters. The van der Waals surface area contributed by atoms with Crippen LogP contribution in [0, 0.1) is 5.92 Å².